The summed E-state index contributed by atoms with van der Waals surface area (Å²) in [7, 11) is 0. The quantitative estimate of drug-likeness (QED) is 0.399. The van der Waals surface area contributed by atoms with E-state index >= 15 is 0 Å². The second-order valence-electron chi connectivity index (χ2n) is 3.98. The van der Waals surface area contributed by atoms with Crippen molar-refractivity contribution in [3.05, 3.63) is 22.8 Å². The average Bonchev–Trinajstić information content (AvgIpc) is 2.22. The molecule has 0 aromatic carbocycles. The highest BCUT2D eigenvalue weighted by molar-refractivity contribution is 5.32. The first kappa shape index (κ1) is 13.5. The molecule has 0 heterocycles. The summed E-state index contributed by atoms with van der Waals surface area (Å²) >= 11 is 0. The third-order valence-corrected chi connectivity index (χ3v) is 2.98. The van der Waals surface area contributed by atoms with Gasteiger partial charge in [-0.1, -0.05) is 45.3 Å². The molecule has 14 heavy (non-hydrogen) atoms. The smallest absolute Gasteiger partial charge is 0.0308 e. The van der Waals surface area contributed by atoms with Gasteiger partial charge in [0.15, 0.2) is 0 Å². The van der Waals surface area contributed by atoms with Gasteiger partial charge in [0.1, 0.15) is 0 Å². The van der Waals surface area contributed by atoms with Crippen molar-refractivity contribution < 1.29 is 0 Å². The van der Waals surface area contributed by atoms with Gasteiger partial charge < -0.3 is 0 Å². The van der Waals surface area contributed by atoms with E-state index in [0.29, 0.717) is 0 Å². The molecule has 0 aliphatic heterocycles. The molecular weight excluding hydrogens is 168 g/mol. The molecule has 0 aromatic rings. The zero-order valence-electron chi connectivity index (χ0n) is 10.6. The maximum atomic E-state index is 2.43. The number of allylic oxidation sites excluding steroid dienone is 4. The highest BCUT2D eigenvalue weighted by atomic mass is 14.1. The Morgan fingerprint density at radius 1 is 1.00 bits per heavy atom. The maximum absolute atomic E-state index is 2.43. The standard InChI is InChI=1S/C14H26/c1-6-9-10-11-14(8-3)13(5)12(4)7-2/h11H,6-10H2,1-5H3. The van der Waals surface area contributed by atoms with Crippen molar-refractivity contribution in [2.75, 3.05) is 0 Å². The Labute approximate surface area is 90.1 Å². The molecule has 0 rings (SSSR count). The summed E-state index contributed by atoms with van der Waals surface area (Å²) in [6.07, 6.45) is 8.64. The minimum Gasteiger partial charge on any atom is -0.0811 e. The van der Waals surface area contributed by atoms with Crippen molar-refractivity contribution in [1.29, 1.82) is 0 Å². The summed E-state index contributed by atoms with van der Waals surface area (Å²) in [6.45, 7) is 11.3. The fraction of sp³-hybridized carbons (Fsp3) is 0.714. The van der Waals surface area contributed by atoms with Gasteiger partial charge >= 0.3 is 0 Å². The summed E-state index contributed by atoms with van der Waals surface area (Å²) in [5, 5.41) is 0. The van der Waals surface area contributed by atoms with Gasteiger partial charge in [0.25, 0.3) is 0 Å². The van der Waals surface area contributed by atoms with Gasteiger partial charge in [-0.2, -0.15) is 0 Å². The third kappa shape index (κ3) is 4.64. The van der Waals surface area contributed by atoms with E-state index in [9.17, 15) is 0 Å². The van der Waals surface area contributed by atoms with Crippen LogP contribution in [0.25, 0.3) is 0 Å². The van der Waals surface area contributed by atoms with Gasteiger partial charge in [0.05, 0.1) is 0 Å². The van der Waals surface area contributed by atoms with E-state index in [4.69, 9.17) is 0 Å². The largest absolute Gasteiger partial charge is 0.0811 e. The van der Waals surface area contributed by atoms with E-state index < -0.39 is 0 Å². The first-order valence-electron chi connectivity index (χ1n) is 6.03. The SMILES string of the molecule is CCCCC=C(CC)C(C)=C(C)CC. The molecular formula is C14H26. The van der Waals surface area contributed by atoms with Crippen LogP contribution in [-0.4, -0.2) is 0 Å². The average molecular weight is 194 g/mol. The van der Waals surface area contributed by atoms with Gasteiger partial charge in [0.2, 0.25) is 0 Å². The maximum Gasteiger partial charge on any atom is -0.0308 e. The summed E-state index contributed by atoms with van der Waals surface area (Å²) in [5.41, 5.74) is 4.61. The molecule has 0 nitrogen and oxygen atoms in total. The van der Waals surface area contributed by atoms with Crippen LogP contribution in [0.2, 0.25) is 0 Å². The number of rotatable bonds is 6. The topological polar surface area (TPSA) is 0 Å². The molecule has 0 spiro atoms. The molecule has 0 heteroatoms. The minimum atomic E-state index is 1.17. The molecule has 0 unspecified atom stereocenters. The van der Waals surface area contributed by atoms with Crippen LogP contribution in [0.15, 0.2) is 22.8 Å². The Hall–Kier alpha value is -0.520. The molecule has 0 saturated carbocycles. The molecule has 0 aromatic heterocycles. The highest BCUT2D eigenvalue weighted by Gasteiger charge is 2.00. The van der Waals surface area contributed by atoms with E-state index in [-0.39, 0.29) is 0 Å². The lowest BCUT2D eigenvalue weighted by Gasteiger charge is -2.09. The monoisotopic (exact) mass is 194 g/mol. The molecule has 0 N–H and O–H groups in total. The van der Waals surface area contributed by atoms with Crippen LogP contribution < -0.4 is 0 Å². The first-order valence-corrected chi connectivity index (χ1v) is 6.03. The van der Waals surface area contributed by atoms with Crippen molar-refractivity contribution in [3.63, 3.8) is 0 Å². The second kappa shape index (κ2) is 7.84. The Morgan fingerprint density at radius 3 is 2.07 bits per heavy atom. The van der Waals surface area contributed by atoms with Gasteiger partial charge in [-0.3, -0.25) is 0 Å². The fourth-order valence-corrected chi connectivity index (χ4v) is 1.58. The van der Waals surface area contributed by atoms with Crippen molar-refractivity contribution in [2.45, 2.75) is 66.7 Å². The molecule has 0 atom stereocenters. The Kier molecular flexibility index (Phi) is 7.55. The van der Waals surface area contributed by atoms with Crippen LogP contribution >= 0.6 is 0 Å². The van der Waals surface area contributed by atoms with Gasteiger partial charge in [0, 0.05) is 0 Å². The number of hydrogen-bond donors (Lipinski definition) is 0. The number of unbranched alkanes of at least 4 members (excludes halogenated alkanes) is 2. The zero-order valence-corrected chi connectivity index (χ0v) is 10.6. The normalized spacial score (nSPS) is 14.2. The van der Waals surface area contributed by atoms with Crippen LogP contribution in [0, 0.1) is 0 Å². The van der Waals surface area contributed by atoms with E-state index in [0.717, 1.165) is 0 Å². The predicted octanol–water partition coefficient (Wildman–Crippen LogP) is 5.26. The van der Waals surface area contributed by atoms with Crippen molar-refractivity contribution >= 4 is 0 Å². The van der Waals surface area contributed by atoms with Crippen LogP contribution in [0.1, 0.15) is 66.7 Å². The zero-order chi connectivity index (χ0) is 11.0. The summed E-state index contributed by atoms with van der Waals surface area (Å²) in [5.74, 6) is 0. The van der Waals surface area contributed by atoms with E-state index in [2.05, 4.69) is 40.7 Å². The van der Waals surface area contributed by atoms with Crippen molar-refractivity contribution in [1.82, 2.24) is 0 Å². The van der Waals surface area contributed by atoms with Gasteiger partial charge in [-0.15, -0.1) is 0 Å². The van der Waals surface area contributed by atoms with Gasteiger partial charge in [-0.05, 0) is 44.3 Å². The van der Waals surface area contributed by atoms with Crippen LogP contribution in [0.3, 0.4) is 0 Å². The lowest BCUT2D eigenvalue weighted by atomic mass is 9.97. The van der Waals surface area contributed by atoms with E-state index in [1.165, 1.54) is 43.3 Å². The molecule has 0 saturated heterocycles. The second-order valence-corrected chi connectivity index (χ2v) is 3.98. The molecule has 0 amide bonds. The molecule has 82 valence electrons. The Morgan fingerprint density at radius 2 is 1.64 bits per heavy atom. The lowest BCUT2D eigenvalue weighted by Crippen LogP contribution is -1.89. The molecule has 0 radical (unpaired) electrons. The Bertz CT molecular complexity index is 206. The molecule has 0 bridgehead atoms. The predicted molar refractivity (Wildman–Crippen MR) is 66.6 cm³/mol. The first-order chi connectivity index (χ1) is 6.67. The van der Waals surface area contributed by atoms with Crippen LogP contribution in [0.4, 0.5) is 0 Å². The molecule has 0 aliphatic rings. The summed E-state index contributed by atoms with van der Waals surface area (Å²) in [6, 6.07) is 0. The number of hydrogen-bond acceptors (Lipinski definition) is 0. The summed E-state index contributed by atoms with van der Waals surface area (Å²) < 4.78 is 0. The summed E-state index contributed by atoms with van der Waals surface area (Å²) in [4.78, 5) is 0. The lowest BCUT2D eigenvalue weighted by molar-refractivity contribution is 0.807. The van der Waals surface area contributed by atoms with E-state index in [1.54, 1.807) is 5.57 Å². The Balaban J connectivity index is 4.47. The van der Waals surface area contributed by atoms with Crippen LogP contribution in [0.5, 0.6) is 0 Å². The van der Waals surface area contributed by atoms with Crippen molar-refractivity contribution in [3.8, 4) is 0 Å². The van der Waals surface area contributed by atoms with E-state index in [1.807, 2.05) is 0 Å². The molecule has 0 aliphatic carbocycles. The minimum absolute atomic E-state index is 1.17. The third-order valence-electron chi connectivity index (χ3n) is 2.98. The van der Waals surface area contributed by atoms with Crippen molar-refractivity contribution in [2.24, 2.45) is 0 Å². The van der Waals surface area contributed by atoms with Crippen LogP contribution in [-0.2, 0) is 0 Å². The molecule has 0 fully saturated rings. The fourth-order valence-electron chi connectivity index (χ4n) is 1.58. The van der Waals surface area contributed by atoms with Gasteiger partial charge in [-0.25, -0.2) is 0 Å². The highest BCUT2D eigenvalue weighted by Crippen LogP contribution is 2.20.